The predicted octanol–water partition coefficient (Wildman–Crippen LogP) is 6.38. The number of aliphatic hydroxyl groups is 1. The molecular weight excluding hydrogens is 449 g/mol. The Morgan fingerprint density at radius 3 is 1.68 bits per heavy atom. The highest BCUT2D eigenvalue weighted by molar-refractivity contribution is 7.40. The number of nitrogens with zero attached hydrogens (tertiary/aromatic N) is 2. The quantitative estimate of drug-likeness (QED) is 0.151. The van der Waals surface area contributed by atoms with Crippen LogP contribution in [-0.2, 0) is 25.1 Å². The molecule has 3 N–H and O–H groups in total. The standard InChI is InChI=1S/C26H50N3O4P/c1-7-8-9-10-11-12-13-14-15-16-17-18-19-20-22-23(24(30)29(6)28(22)5)27-26(4,34(32)33)21-25(2,3)31/h27,31H,7-21H2,1-6H3/p+1/t26-/m0/s1. The average molecular weight is 501 g/mol. The van der Waals surface area contributed by atoms with Gasteiger partial charge in [-0.15, -0.1) is 0 Å². The van der Waals surface area contributed by atoms with Crippen LogP contribution >= 0.6 is 8.03 Å². The van der Waals surface area contributed by atoms with E-state index in [0.29, 0.717) is 5.69 Å². The van der Waals surface area contributed by atoms with Crippen LogP contribution in [0.5, 0.6) is 0 Å². The lowest BCUT2D eigenvalue weighted by atomic mass is 9.99. The Balaban J connectivity index is 2.52. The topological polar surface area (TPSA) is 96.5 Å². The molecule has 34 heavy (non-hydrogen) atoms. The van der Waals surface area contributed by atoms with Gasteiger partial charge in [0.05, 0.1) is 11.3 Å². The third-order valence-corrected chi connectivity index (χ3v) is 7.86. The van der Waals surface area contributed by atoms with Gasteiger partial charge in [0.25, 0.3) is 10.8 Å². The van der Waals surface area contributed by atoms with Gasteiger partial charge in [-0.1, -0.05) is 84.0 Å². The molecule has 0 aliphatic heterocycles. The molecule has 1 aromatic rings. The Morgan fingerprint density at radius 2 is 1.26 bits per heavy atom. The molecule has 1 aromatic heterocycles. The second-order valence-corrected chi connectivity index (χ2v) is 12.4. The predicted molar refractivity (Wildman–Crippen MR) is 143 cm³/mol. The fourth-order valence-electron chi connectivity index (χ4n) is 4.76. The van der Waals surface area contributed by atoms with E-state index in [0.717, 1.165) is 25.0 Å². The van der Waals surface area contributed by atoms with Crippen LogP contribution in [0.25, 0.3) is 0 Å². The van der Waals surface area contributed by atoms with Gasteiger partial charge in [0.2, 0.25) is 0 Å². The summed E-state index contributed by atoms with van der Waals surface area (Å²) in [6.07, 6.45) is 17.5. The van der Waals surface area contributed by atoms with Gasteiger partial charge in [-0.2, -0.15) is 4.89 Å². The normalized spacial score (nSPS) is 14.3. The zero-order chi connectivity index (χ0) is 25.8. The fourth-order valence-corrected chi connectivity index (χ4v) is 5.49. The van der Waals surface area contributed by atoms with Crippen molar-refractivity contribution in [2.45, 2.75) is 135 Å². The van der Waals surface area contributed by atoms with Crippen molar-refractivity contribution in [3.05, 3.63) is 16.0 Å². The van der Waals surface area contributed by atoms with Crippen molar-refractivity contribution in [3.63, 3.8) is 0 Å². The van der Waals surface area contributed by atoms with Crippen molar-refractivity contribution in [1.29, 1.82) is 0 Å². The first-order chi connectivity index (χ1) is 15.9. The van der Waals surface area contributed by atoms with Crippen molar-refractivity contribution >= 4 is 13.7 Å². The SMILES string of the molecule is CCCCCCCCCCCCCCCc1c(N[C@](C)(CC(C)(C)O)[P+](=O)O)c(=O)n(C)n1C. The van der Waals surface area contributed by atoms with Crippen molar-refractivity contribution in [2.75, 3.05) is 5.32 Å². The summed E-state index contributed by atoms with van der Waals surface area (Å²) in [6.45, 7) is 7.05. The number of hydrogen-bond donors (Lipinski definition) is 3. The zero-order valence-electron chi connectivity index (χ0n) is 22.7. The summed E-state index contributed by atoms with van der Waals surface area (Å²) in [6, 6.07) is 0. The Labute approximate surface area is 208 Å². The van der Waals surface area contributed by atoms with E-state index in [2.05, 4.69) is 12.2 Å². The third kappa shape index (κ3) is 10.6. The molecule has 1 heterocycles. The van der Waals surface area contributed by atoms with Crippen LogP contribution in [0.2, 0.25) is 0 Å². The zero-order valence-corrected chi connectivity index (χ0v) is 23.6. The molecule has 0 fully saturated rings. The smallest absolute Gasteiger partial charge is 0.390 e. The second kappa shape index (κ2) is 15.1. The summed E-state index contributed by atoms with van der Waals surface area (Å²) in [7, 11) is 0.876. The largest absolute Gasteiger partial charge is 0.533 e. The Bertz CT molecular complexity index is 797. The van der Waals surface area contributed by atoms with Crippen LogP contribution in [0, 0.1) is 0 Å². The molecule has 0 bridgehead atoms. The molecule has 7 nitrogen and oxygen atoms in total. The van der Waals surface area contributed by atoms with Crippen LogP contribution in [0.15, 0.2) is 4.79 Å². The summed E-state index contributed by atoms with van der Waals surface area (Å²) in [5.74, 6) is 0. The third-order valence-electron chi connectivity index (χ3n) is 6.75. The van der Waals surface area contributed by atoms with Gasteiger partial charge in [-0.3, -0.25) is 14.2 Å². The van der Waals surface area contributed by atoms with Gasteiger partial charge in [-0.25, -0.2) is 0 Å². The maximum absolute atomic E-state index is 12.9. The average Bonchev–Trinajstić information content (AvgIpc) is 2.93. The van der Waals surface area contributed by atoms with Gasteiger partial charge >= 0.3 is 8.03 Å². The van der Waals surface area contributed by atoms with Crippen LogP contribution in [-0.4, -0.2) is 30.2 Å². The molecular formula is C26H51N3O4P+. The fraction of sp³-hybridized carbons (Fsp3) is 0.885. The van der Waals surface area contributed by atoms with Gasteiger partial charge < -0.3 is 10.4 Å². The molecule has 0 aromatic carbocycles. The highest BCUT2D eigenvalue weighted by atomic mass is 31.1. The number of anilines is 1. The Kier molecular flexibility index (Phi) is 13.7. The molecule has 0 saturated heterocycles. The van der Waals surface area contributed by atoms with Crippen LogP contribution in [0.4, 0.5) is 5.69 Å². The van der Waals surface area contributed by atoms with Crippen LogP contribution in [0.1, 0.15) is 123 Å². The van der Waals surface area contributed by atoms with Gasteiger partial charge in [0.15, 0.2) is 0 Å². The summed E-state index contributed by atoms with van der Waals surface area (Å²) in [5, 5.41) is 12.0. The summed E-state index contributed by atoms with van der Waals surface area (Å²) >= 11 is 0. The van der Waals surface area contributed by atoms with Gasteiger partial charge in [0.1, 0.15) is 5.69 Å². The summed E-state index contributed by atoms with van der Waals surface area (Å²) < 4.78 is 15.5. The van der Waals surface area contributed by atoms with E-state index in [9.17, 15) is 19.4 Å². The first-order valence-corrected chi connectivity index (χ1v) is 14.6. The Hall–Kier alpha value is -1.17. The number of hydrogen-bond acceptors (Lipinski definition) is 4. The molecule has 0 spiro atoms. The van der Waals surface area contributed by atoms with Crippen molar-refractivity contribution in [2.24, 2.45) is 14.1 Å². The molecule has 0 radical (unpaired) electrons. The van der Waals surface area contributed by atoms with E-state index in [-0.39, 0.29) is 12.0 Å². The molecule has 0 amide bonds. The minimum absolute atomic E-state index is 0.0436. The molecule has 0 aliphatic carbocycles. The van der Waals surface area contributed by atoms with Gasteiger partial charge in [0, 0.05) is 27.4 Å². The first-order valence-electron chi connectivity index (χ1n) is 13.3. The minimum atomic E-state index is -2.67. The van der Waals surface area contributed by atoms with E-state index in [4.69, 9.17) is 0 Å². The van der Waals surface area contributed by atoms with Crippen molar-refractivity contribution < 1.29 is 14.6 Å². The van der Waals surface area contributed by atoms with E-state index < -0.39 is 18.9 Å². The number of nitrogens with one attached hydrogen (secondary N) is 1. The minimum Gasteiger partial charge on any atom is -0.390 e. The van der Waals surface area contributed by atoms with E-state index in [1.807, 2.05) is 11.7 Å². The van der Waals surface area contributed by atoms with Gasteiger partial charge in [-0.05, 0) is 31.3 Å². The monoisotopic (exact) mass is 500 g/mol. The maximum atomic E-state index is 12.9. The summed E-state index contributed by atoms with van der Waals surface area (Å²) in [5.41, 5.74) is -0.154. The first kappa shape index (κ1) is 30.9. The number of unbranched alkanes of at least 4 members (excludes halogenated alkanes) is 12. The van der Waals surface area contributed by atoms with E-state index >= 15 is 0 Å². The lowest BCUT2D eigenvalue weighted by molar-refractivity contribution is 0.0617. The molecule has 2 atom stereocenters. The molecule has 0 saturated carbocycles. The molecule has 0 aliphatic rings. The van der Waals surface area contributed by atoms with Crippen LogP contribution in [0.3, 0.4) is 0 Å². The van der Waals surface area contributed by atoms with Crippen LogP contribution < -0.4 is 10.9 Å². The molecule has 1 unspecified atom stereocenters. The maximum Gasteiger partial charge on any atom is 0.533 e. The van der Waals surface area contributed by atoms with Crippen molar-refractivity contribution in [1.82, 2.24) is 9.36 Å². The Morgan fingerprint density at radius 1 is 0.824 bits per heavy atom. The van der Waals surface area contributed by atoms with E-state index in [1.165, 1.54) is 75.3 Å². The second-order valence-electron chi connectivity index (χ2n) is 10.8. The van der Waals surface area contributed by atoms with Crippen molar-refractivity contribution in [3.8, 4) is 0 Å². The molecule has 198 valence electrons. The molecule has 1 rings (SSSR count). The lowest BCUT2D eigenvalue weighted by Crippen LogP contribution is -2.40. The summed E-state index contributed by atoms with van der Waals surface area (Å²) in [4.78, 5) is 22.8. The van der Waals surface area contributed by atoms with E-state index in [1.54, 1.807) is 27.8 Å². The highest BCUT2D eigenvalue weighted by Crippen LogP contribution is 2.41. The molecule has 8 heteroatoms. The highest BCUT2D eigenvalue weighted by Gasteiger charge is 2.49. The lowest BCUT2D eigenvalue weighted by Gasteiger charge is -2.26. The number of aromatic nitrogens is 2. The number of rotatable bonds is 19.